The quantitative estimate of drug-likeness (QED) is 0.792. The summed E-state index contributed by atoms with van der Waals surface area (Å²) in [6.45, 7) is 1.78. The van der Waals surface area contributed by atoms with E-state index < -0.39 is 5.82 Å². The van der Waals surface area contributed by atoms with Crippen LogP contribution in [0.2, 0.25) is 5.02 Å². The van der Waals surface area contributed by atoms with Crippen LogP contribution in [0.15, 0.2) is 42.5 Å². The summed E-state index contributed by atoms with van der Waals surface area (Å²) in [6.07, 6.45) is 0. The molecule has 0 unspecified atom stereocenters. The summed E-state index contributed by atoms with van der Waals surface area (Å²) in [6, 6.07) is 12.2. The Kier molecular flexibility index (Phi) is 5.84. The largest absolute Gasteiger partial charge is 0.493 e. The smallest absolute Gasteiger partial charge is 0.161 e. The second kappa shape index (κ2) is 7.86. The first-order chi connectivity index (χ1) is 10.2. The van der Waals surface area contributed by atoms with Crippen LogP contribution in [0.5, 0.6) is 11.5 Å². The second-order valence-corrected chi connectivity index (χ2v) is 4.83. The fourth-order valence-corrected chi connectivity index (χ4v) is 2.06. The third-order valence-corrected chi connectivity index (χ3v) is 3.21. The van der Waals surface area contributed by atoms with Gasteiger partial charge < -0.3 is 14.8 Å². The summed E-state index contributed by atoms with van der Waals surface area (Å²) in [4.78, 5) is 0. The lowest BCUT2D eigenvalue weighted by molar-refractivity contribution is 0.292. The molecular formula is C16H17ClFNO2. The van der Waals surface area contributed by atoms with Crippen molar-refractivity contribution in [3.05, 3.63) is 58.9 Å². The molecule has 0 saturated carbocycles. The van der Waals surface area contributed by atoms with Gasteiger partial charge in [0.05, 0.1) is 12.1 Å². The standard InChI is InChI=1S/C16H17ClFNO2/c1-20-15-4-2-3-5-16(15)21-9-8-19-11-12-6-7-14(18)13(17)10-12/h2-7,10,19H,8-9,11H2,1H3. The minimum Gasteiger partial charge on any atom is -0.493 e. The van der Waals surface area contributed by atoms with Gasteiger partial charge in [0, 0.05) is 13.1 Å². The third kappa shape index (κ3) is 4.62. The van der Waals surface area contributed by atoms with Crippen molar-refractivity contribution in [3.8, 4) is 11.5 Å². The van der Waals surface area contributed by atoms with E-state index in [9.17, 15) is 4.39 Å². The number of methoxy groups -OCH3 is 1. The summed E-state index contributed by atoms with van der Waals surface area (Å²) in [5.74, 6) is 1.02. The zero-order valence-corrected chi connectivity index (χ0v) is 12.5. The van der Waals surface area contributed by atoms with Crippen LogP contribution in [0.25, 0.3) is 0 Å². The Morgan fingerprint density at radius 1 is 1.14 bits per heavy atom. The number of hydrogen-bond donors (Lipinski definition) is 1. The highest BCUT2D eigenvalue weighted by Crippen LogP contribution is 2.25. The predicted molar refractivity (Wildman–Crippen MR) is 81.6 cm³/mol. The number of rotatable bonds is 7. The minimum atomic E-state index is -0.403. The molecule has 1 N–H and O–H groups in total. The van der Waals surface area contributed by atoms with Crippen molar-refractivity contribution in [2.75, 3.05) is 20.3 Å². The summed E-state index contributed by atoms with van der Waals surface area (Å²) in [7, 11) is 1.61. The maximum Gasteiger partial charge on any atom is 0.161 e. The lowest BCUT2D eigenvalue weighted by Gasteiger charge is -2.11. The average molecular weight is 310 g/mol. The van der Waals surface area contributed by atoms with Gasteiger partial charge in [-0.1, -0.05) is 29.8 Å². The van der Waals surface area contributed by atoms with Crippen molar-refractivity contribution in [1.82, 2.24) is 5.32 Å². The zero-order chi connectivity index (χ0) is 15.1. The molecule has 0 saturated heterocycles. The molecule has 2 aromatic carbocycles. The van der Waals surface area contributed by atoms with Gasteiger partial charge in [-0.3, -0.25) is 0 Å². The van der Waals surface area contributed by atoms with Gasteiger partial charge in [0.1, 0.15) is 12.4 Å². The first-order valence-corrected chi connectivity index (χ1v) is 6.99. The van der Waals surface area contributed by atoms with E-state index in [1.54, 1.807) is 19.2 Å². The van der Waals surface area contributed by atoms with Gasteiger partial charge in [0.15, 0.2) is 11.5 Å². The first kappa shape index (κ1) is 15.6. The SMILES string of the molecule is COc1ccccc1OCCNCc1ccc(F)c(Cl)c1. The summed E-state index contributed by atoms with van der Waals surface area (Å²) in [5.41, 5.74) is 0.929. The molecule has 0 aliphatic rings. The van der Waals surface area contributed by atoms with Crippen molar-refractivity contribution in [2.24, 2.45) is 0 Å². The highest BCUT2D eigenvalue weighted by Gasteiger charge is 2.02. The van der Waals surface area contributed by atoms with Gasteiger partial charge in [0.25, 0.3) is 0 Å². The van der Waals surface area contributed by atoms with Crippen LogP contribution in [0, 0.1) is 5.82 Å². The van der Waals surface area contributed by atoms with Crippen molar-refractivity contribution >= 4 is 11.6 Å². The van der Waals surface area contributed by atoms with Crippen LogP contribution in [0.1, 0.15) is 5.56 Å². The van der Waals surface area contributed by atoms with E-state index in [1.807, 2.05) is 24.3 Å². The summed E-state index contributed by atoms with van der Waals surface area (Å²) in [5, 5.41) is 3.35. The van der Waals surface area contributed by atoms with Gasteiger partial charge in [0.2, 0.25) is 0 Å². The van der Waals surface area contributed by atoms with E-state index in [4.69, 9.17) is 21.1 Å². The molecule has 21 heavy (non-hydrogen) atoms. The summed E-state index contributed by atoms with van der Waals surface area (Å²) >= 11 is 5.73. The van der Waals surface area contributed by atoms with E-state index in [0.29, 0.717) is 31.2 Å². The third-order valence-electron chi connectivity index (χ3n) is 2.92. The monoisotopic (exact) mass is 309 g/mol. The van der Waals surface area contributed by atoms with E-state index in [-0.39, 0.29) is 5.02 Å². The lowest BCUT2D eigenvalue weighted by Crippen LogP contribution is -2.20. The topological polar surface area (TPSA) is 30.5 Å². The van der Waals surface area contributed by atoms with E-state index in [1.165, 1.54) is 6.07 Å². The number of hydrogen-bond acceptors (Lipinski definition) is 3. The molecule has 0 spiro atoms. The molecule has 3 nitrogen and oxygen atoms in total. The second-order valence-electron chi connectivity index (χ2n) is 4.42. The molecule has 0 aliphatic heterocycles. The molecule has 0 amide bonds. The number of para-hydroxylation sites is 2. The van der Waals surface area contributed by atoms with Crippen LogP contribution >= 0.6 is 11.6 Å². The Hall–Kier alpha value is -1.78. The van der Waals surface area contributed by atoms with E-state index in [2.05, 4.69) is 5.32 Å². The lowest BCUT2D eigenvalue weighted by atomic mass is 10.2. The molecule has 0 bridgehead atoms. The number of ether oxygens (including phenoxy) is 2. The van der Waals surface area contributed by atoms with Gasteiger partial charge in [-0.2, -0.15) is 0 Å². The molecule has 0 fully saturated rings. The Bertz CT molecular complexity index is 592. The molecule has 2 aromatic rings. The molecule has 112 valence electrons. The van der Waals surface area contributed by atoms with Crippen LogP contribution in [0.4, 0.5) is 4.39 Å². The summed E-state index contributed by atoms with van der Waals surface area (Å²) < 4.78 is 23.9. The predicted octanol–water partition coefficient (Wildman–Crippen LogP) is 3.66. The molecule has 0 heterocycles. The van der Waals surface area contributed by atoms with Crippen molar-refractivity contribution in [2.45, 2.75) is 6.54 Å². The zero-order valence-electron chi connectivity index (χ0n) is 11.7. The molecule has 0 aliphatic carbocycles. The van der Waals surface area contributed by atoms with E-state index in [0.717, 1.165) is 5.56 Å². The average Bonchev–Trinajstić information content (AvgIpc) is 2.51. The van der Waals surface area contributed by atoms with Crippen molar-refractivity contribution < 1.29 is 13.9 Å². The van der Waals surface area contributed by atoms with Crippen LogP contribution in [-0.4, -0.2) is 20.3 Å². The van der Waals surface area contributed by atoms with E-state index >= 15 is 0 Å². The Balaban J connectivity index is 1.73. The highest BCUT2D eigenvalue weighted by molar-refractivity contribution is 6.30. The fourth-order valence-electron chi connectivity index (χ4n) is 1.85. The molecule has 0 aromatic heterocycles. The van der Waals surface area contributed by atoms with Crippen molar-refractivity contribution in [3.63, 3.8) is 0 Å². The Morgan fingerprint density at radius 2 is 1.90 bits per heavy atom. The number of nitrogens with one attached hydrogen (secondary N) is 1. The molecule has 0 radical (unpaired) electrons. The van der Waals surface area contributed by atoms with Crippen molar-refractivity contribution in [1.29, 1.82) is 0 Å². The Labute approximate surface area is 128 Å². The normalized spacial score (nSPS) is 10.4. The first-order valence-electron chi connectivity index (χ1n) is 6.61. The maximum absolute atomic E-state index is 13.0. The fraction of sp³-hybridized carbons (Fsp3) is 0.250. The number of halogens is 2. The Morgan fingerprint density at radius 3 is 2.62 bits per heavy atom. The molecular weight excluding hydrogens is 293 g/mol. The van der Waals surface area contributed by atoms with Gasteiger partial charge in [-0.15, -0.1) is 0 Å². The molecule has 2 rings (SSSR count). The molecule has 5 heteroatoms. The van der Waals surface area contributed by atoms with Gasteiger partial charge in [-0.25, -0.2) is 4.39 Å². The van der Waals surface area contributed by atoms with Crippen LogP contribution < -0.4 is 14.8 Å². The van der Waals surface area contributed by atoms with Gasteiger partial charge in [-0.05, 0) is 29.8 Å². The maximum atomic E-state index is 13.0. The number of benzene rings is 2. The highest BCUT2D eigenvalue weighted by atomic mass is 35.5. The van der Waals surface area contributed by atoms with Crippen LogP contribution in [0.3, 0.4) is 0 Å². The molecule has 0 atom stereocenters. The van der Waals surface area contributed by atoms with Gasteiger partial charge >= 0.3 is 0 Å². The van der Waals surface area contributed by atoms with Crippen LogP contribution in [-0.2, 0) is 6.54 Å². The minimum absolute atomic E-state index is 0.138.